The van der Waals surface area contributed by atoms with Crippen LogP contribution < -0.4 is 0 Å². The first-order valence-electron chi connectivity index (χ1n) is 4.05. The molecule has 72 valence electrons. The van der Waals surface area contributed by atoms with Gasteiger partial charge in [-0.2, -0.15) is 0 Å². The quantitative estimate of drug-likeness (QED) is 0.776. The summed E-state index contributed by atoms with van der Waals surface area (Å²) < 4.78 is 6.29. The Labute approximate surface area is 95.0 Å². The van der Waals surface area contributed by atoms with E-state index in [1.807, 2.05) is 24.3 Å². The zero-order valence-electron chi connectivity index (χ0n) is 7.21. The summed E-state index contributed by atoms with van der Waals surface area (Å²) >= 11 is 9.13. The predicted octanol–water partition coefficient (Wildman–Crippen LogP) is 3.84. The van der Waals surface area contributed by atoms with Crippen LogP contribution in [0.25, 0.3) is 11.3 Å². The molecule has 0 atom stereocenters. The Morgan fingerprint density at radius 2 is 2.29 bits per heavy atom. The molecule has 0 spiro atoms. The minimum Gasteiger partial charge on any atom is -0.443 e. The molecule has 2 nitrogen and oxygen atoms in total. The number of aromatic nitrogens is 1. The Kier molecular flexibility index (Phi) is 2.89. The summed E-state index contributed by atoms with van der Waals surface area (Å²) in [6.07, 6.45) is 1.41. The first-order chi connectivity index (χ1) is 6.81. The fourth-order valence-electron chi connectivity index (χ4n) is 1.23. The molecule has 0 aliphatic rings. The van der Waals surface area contributed by atoms with Gasteiger partial charge in [0.15, 0.2) is 12.2 Å². The van der Waals surface area contributed by atoms with Crippen molar-refractivity contribution in [3.05, 3.63) is 40.8 Å². The third-order valence-electron chi connectivity index (χ3n) is 1.85. The topological polar surface area (TPSA) is 26.0 Å². The van der Waals surface area contributed by atoms with Crippen molar-refractivity contribution in [2.24, 2.45) is 0 Å². The van der Waals surface area contributed by atoms with Crippen molar-refractivity contribution in [3.8, 4) is 11.3 Å². The SMILES string of the molecule is ClCc1ncoc1-c1cccc(Br)c1. The molecule has 0 radical (unpaired) electrons. The van der Waals surface area contributed by atoms with E-state index in [-0.39, 0.29) is 0 Å². The van der Waals surface area contributed by atoms with E-state index in [9.17, 15) is 0 Å². The number of nitrogens with zero attached hydrogens (tertiary/aromatic N) is 1. The van der Waals surface area contributed by atoms with Crippen LogP contribution in [0.4, 0.5) is 0 Å². The number of alkyl halides is 1. The predicted molar refractivity (Wildman–Crippen MR) is 59.2 cm³/mol. The minimum absolute atomic E-state index is 0.359. The lowest BCUT2D eigenvalue weighted by Crippen LogP contribution is -1.82. The van der Waals surface area contributed by atoms with Gasteiger partial charge in [-0.05, 0) is 12.1 Å². The summed E-state index contributed by atoms with van der Waals surface area (Å²) in [6.45, 7) is 0. The highest BCUT2D eigenvalue weighted by atomic mass is 79.9. The molecule has 1 aromatic carbocycles. The van der Waals surface area contributed by atoms with Gasteiger partial charge in [-0.1, -0.05) is 28.1 Å². The lowest BCUT2D eigenvalue weighted by molar-refractivity contribution is 0.571. The van der Waals surface area contributed by atoms with Crippen molar-refractivity contribution in [1.82, 2.24) is 4.98 Å². The molecule has 2 aromatic rings. The first kappa shape index (κ1) is 9.74. The smallest absolute Gasteiger partial charge is 0.181 e. The molecule has 0 fully saturated rings. The number of hydrogen-bond donors (Lipinski definition) is 0. The summed E-state index contributed by atoms with van der Waals surface area (Å²) in [7, 11) is 0. The Morgan fingerprint density at radius 1 is 1.43 bits per heavy atom. The van der Waals surface area contributed by atoms with Gasteiger partial charge in [-0.25, -0.2) is 4.98 Å². The van der Waals surface area contributed by atoms with Crippen LogP contribution in [0.15, 0.2) is 39.5 Å². The maximum atomic E-state index is 5.73. The third kappa shape index (κ3) is 1.83. The molecular formula is C10H7BrClNO. The van der Waals surface area contributed by atoms with E-state index in [1.165, 1.54) is 6.39 Å². The number of rotatable bonds is 2. The van der Waals surface area contributed by atoms with E-state index in [2.05, 4.69) is 20.9 Å². The zero-order chi connectivity index (χ0) is 9.97. The molecule has 4 heteroatoms. The average Bonchev–Trinajstić information content (AvgIpc) is 2.65. The maximum absolute atomic E-state index is 5.73. The molecule has 0 bridgehead atoms. The number of oxazole rings is 1. The van der Waals surface area contributed by atoms with E-state index in [0.717, 1.165) is 21.5 Å². The van der Waals surface area contributed by atoms with Crippen LogP contribution in [0.5, 0.6) is 0 Å². The van der Waals surface area contributed by atoms with Crippen molar-refractivity contribution >= 4 is 27.5 Å². The number of hydrogen-bond acceptors (Lipinski definition) is 2. The number of halogens is 2. The summed E-state index contributed by atoms with van der Waals surface area (Å²) in [5.41, 5.74) is 1.75. The second kappa shape index (κ2) is 4.15. The van der Waals surface area contributed by atoms with Gasteiger partial charge in [0.1, 0.15) is 5.69 Å². The summed E-state index contributed by atoms with van der Waals surface area (Å²) in [6, 6.07) is 7.83. The first-order valence-corrected chi connectivity index (χ1v) is 5.38. The Hall–Kier alpha value is -0.800. The van der Waals surface area contributed by atoms with Crippen LogP contribution in [0.3, 0.4) is 0 Å². The van der Waals surface area contributed by atoms with Crippen molar-refractivity contribution in [3.63, 3.8) is 0 Å². The van der Waals surface area contributed by atoms with Crippen LogP contribution in [-0.2, 0) is 5.88 Å². The standard InChI is InChI=1S/C10H7BrClNO/c11-8-3-1-2-7(4-8)10-9(5-12)13-6-14-10/h1-4,6H,5H2. The van der Waals surface area contributed by atoms with E-state index < -0.39 is 0 Å². The monoisotopic (exact) mass is 271 g/mol. The van der Waals surface area contributed by atoms with Crippen LogP contribution in [-0.4, -0.2) is 4.98 Å². The molecule has 14 heavy (non-hydrogen) atoms. The van der Waals surface area contributed by atoms with E-state index in [4.69, 9.17) is 16.0 Å². The van der Waals surface area contributed by atoms with Gasteiger partial charge in [0, 0.05) is 10.0 Å². The Morgan fingerprint density at radius 3 is 3.00 bits per heavy atom. The molecule has 1 heterocycles. The van der Waals surface area contributed by atoms with Gasteiger partial charge in [-0.3, -0.25) is 0 Å². The lowest BCUT2D eigenvalue weighted by atomic mass is 10.1. The normalized spacial score (nSPS) is 10.4. The van der Waals surface area contributed by atoms with E-state index >= 15 is 0 Å². The van der Waals surface area contributed by atoms with Crippen molar-refractivity contribution in [2.75, 3.05) is 0 Å². The van der Waals surface area contributed by atoms with Crippen molar-refractivity contribution < 1.29 is 4.42 Å². The van der Waals surface area contributed by atoms with E-state index in [1.54, 1.807) is 0 Å². The summed E-state index contributed by atoms with van der Waals surface area (Å²) in [4.78, 5) is 4.03. The molecule has 0 saturated carbocycles. The number of benzene rings is 1. The Bertz CT molecular complexity index is 441. The molecule has 1 aromatic heterocycles. The second-order valence-electron chi connectivity index (χ2n) is 2.77. The highest BCUT2D eigenvalue weighted by molar-refractivity contribution is 9.10. The van der Waals surface area contributed by atoms with Crippen LogP contribution in [0.1, 0.15) is 5.69 Å². The molecule has 0 saturated heterocycles. The molecular weight excluding hydrogens is 265 g/mol. The molecule has 0 amide bonds. The van der Waals surface area contributed by atoms with Crippen molar-refractivity contribution in [2.45, 2.75) is 5.88 Å². The fraction of sp³-hybridized carbons (Fsp3) is 0.100. The van der Waals surface area contributed by atoms with Gasteiger partial charge in [0.2, 0.25) is 0 Å². The molecule has 0 aliphatic carbocycles. The molecule has 0 aliphatic heterocycles. The third-order valence-corrected chi connectivity index (χ3v) is 2.60. The maximum Gasteiger partial charge on any atom is 0.181 e. The highest BCUT2D eigenvalue weighted by Crippen LogP contribution is 2.26. The van der Waals surface area contributed by atoms with Crippen LogP contribution in [0, 0.1) is 0 Å². The van der Waals surface area contributed by atoms with E-state index in [0.29, 0.717) is 5.88 Å². The molecule has 0 N–H and O–H groups in total. The zero-order valence-corrected chi connectivity index (χ0v) is 9.55. The van der Waals surface area contributed by atoms with Crippen LogP contribution in [0.2, 0.25) is 0 Å². The summed E-state index contributed by atoms with van der Waals surface area (Å²) in [5.74, 6) is 1.10. The Balaban J connectivity index is 2.49. The average molecular weight is 273 g/mol. The summed E-state index contributed by atoms with van der Waals surface area (Å²) in [5, 5.41) is 0. The highest BCUT2D eigenvalue weighted by Gasteiger charge is 2.09. The van der Waals surface area contributed by atoms with Crippen LogP contribution >= 0.6 is 27.5 Å². The molecule has 0 unspecified atom stereocenters. The largest absolute Gasteiger partial charge is 0.443 e. The van der Waals surface area contributed by atoms with Gasteiger partial charge in [0.05, 0.1) is 5.88 Å². The molecule has 2 rings (SSSR count). The lowest BCUT2D eigenvalue weighted by Gasteiger charge is -1.98. The van der Waals surface area contributed by atoms with Gasteiger partial charge < -0.3 is 4.42 Å². The second-order valence-corrected chi connectivity index (χ2v) is 3.96. The van der Waals surface area contributed by atoms with Crippen molar-refractivity contribution in [1.29, 1.82) is 0 Å². The van der Waals surface area contributed by atoms with Gasteiger partial charge in [-0.15, -0.1) is 11.6 Å². The van der Waals surface area contributed by atoms with Gasteiger partial charge >= 0.3 is 0 Å². The minimum atomic E-state index is 0.359. The van der Waals surface area contributed by atoms with Gasteiger partial charge in [0.25, 0.3) is 0 Å². The fourth-order valence-corrected chi connectivity index (χ4v) is 1.82.